The summed E-state index contributed by atoms with van der Waals surface area (Å²) in [4.78, 5) is 12.6. The van der Waals surface area contributed by atoms with Gasteiger partial charge in [-0.1, -0.05) is 60.7 Å². The van der Waals surface area contributed by atoms with Crippen LogP contribution in [0, 0.1) is 0 Å². The molecule has 0 amide bonds. The third-order valence-corrected chi connectivity index (χ3v) is 3.64. The maximum atomic E-state index is 13.5. The molecule has 2 rings (SSSR count). The summed E-state index contributed by atoms with van der Waals surface area (Å²) in [6, 6.07) is 17.3. The lowest BCUT2D eigenvalue weighted by molar-refractivity contribution is -0.870. The number of nitrogens with zero attached hydrogens (tertiary/aromatic N) is 1. The Bertz CT molecular complexity index is 593. The number of quaternary nitrogens is 1. The zero-order chi connectivity index (χ0) is 16.9. The molecule has 0 aliphatic rings. The number of esters is 1. The van der Waals surface area contributed by atoms with Crippen LogP contribution in [0.2, 0.25) is 0 Å². The zero-order valence-electron chi connectivity index (χ0n) is 13.9. The maximum absolute atomic E-state index is 13.5. The van der Waals surface area contributed by atoms with E-state index in [9.17, 15) is 9.90 Å². The molecule has 0 saturated heterocycles. The van der Waals surface area contributed by atoms with Crippen molar-refractivity contribution in [3.8, 4) is 0 Å². The van der Waals surface area contributed by atoms with Crippen molar-refractivity contribution in [2.75, 3.05) is 34.3 Å². The van der Waals surface area contributed by atoms with Gasteiger partial charge < -0.3 is 14.3 Å². The number of rotatable bonds is 6. The summed E-state index contributed by atoms with van der Waals surface area (Å²) in [5.74, 6) is -0.761. The van der Waals surface area contributed by atoms with E-state index in [0.29, 0.717) is 22.2 Å². The highest BCUT2D eigenvalue weighted by Crippen LogP contribution is 2.28. The van der Waals surface area contributed by atoms with Gasteiger partial charge in [-0.25, -0.2) is 0 Å². The van der Waals surface area contributed by atoms with Crippen molar-refractivity contribution in [2.24, 2.45) is 0 Å². The van der Waals surface area contributed by atoms with Gasteiger partial charge in [0.15, 0.2) is 0 Å². The molecule has 0 aliphatic heterocycles. The molecule has 2 aromatic rings. The molecule has 122 valence electrons. The Kier molecular flexibility index (Phi) is 5.19. The Hall–Kier alpha value is -2.17. The van der Waals surface area contributed by atoms with Crippen LogP contribution >= 0.6 is 0 Å². The lowest BCUT2D eigenvalue weighted by Gasteiger charge is -2.39. The van der Waals surface area contributed by atoms with Crippen LogP contribution in [0.3, 0.4) is 0 Å². The van der Waals surface area contributed by atoms with Crippen molar-refractivity contribution < 1.29 is 19.1 Å². The van der Waals surface area contributed by atoms with Gasteiger partial charge in [0.25, 0.3) is 0 Å². The molecule has 0 saturated carbocycles. The van der Waals surface area contributed by atoms with Gasteiger partial charge in [-0.3, -0.25) is 4.79 Å². The molecule has 23 heavy (non-hydrogen) atoms. The van der Waals surface area contributed by atoms with Crippen molar-refractivity contribution in [1.82, 2.24) is 0 Å². The highest BCUT2D eigenvalue weighted by Gasteiger charge is 2.31. The third-order valence-electron chi connectivity index (χ3n) is 3.64. The van der Waals surface area contributed by atoms with Crippen LogP contribution in [0.5, 0.6) is 0 Å². The SMILES string of the molecule is C[N+](C)(C)CCOC(=O)C([O-])(c1ccccc1)c1ccccc1. The highest BCUT2D eigenvalue weighted by molar-refractivity contribution is 5.84. The molecule has 0 aliphatic carbocycles. The minimum absolute atomic E-state index is 0.214. The fraction of sp³-hybridized carbons (Fsp3) is 0.316. The van der Waals surface area contributed by atoms with E-state index in [4.69, 9.17) is 4.74 Å². The van der Waals surface area contributed by atoms with Crippen LogP contribution in [-0.4, -0.2) is 44.7 Å². The van der Waals surface area contributed by atoms with Crippen molar-refractivity contribution >= 4 is 5.97 Å². The molecule has 2 aromatic carbocycles. The van der Waals surface area contributed by atoms with E-state index in [1.54, 1.807) is 48.5 Å². The van der Waals surface area contributed by atoms with Gasteiger partial charge in [-0.2, -0.15) is 0 Å². The van der Waals surface area contributed by atoms with E-state index < -0.39 is 11.6 Å². The molecule has 0 fully saturated rings. The second kappa shape index (κ2) is 6.94. The van der Waals surface area contributed by atoms with Gasteiger partial charge in [0.05, 0.1) is 21.1 Å². The first-order valence-corrected chi connectivity index (χ1v) is 7.63. The van der Waals surface area contributed by atoms with E-state index in [0.717, 1.165) is 0 Å². The summed E-state index contributed by atoms with van der Waals surface area (Å²) in [6.45, 7) is 0.859. The molecule has 0 atom stereocenters. The molecular formula is C19H23NO3. The van der Waals surface area contributed by atoms with Crippen LogP contribution < -0.4 is 5.11 Å². The average Bonchev–Trinajstić information content (AvgIpc) is 2.54. The molecule has 0 unspecified atom stereocenters. The average molecular weight is 313 g/mol. The first-order chi connectivity index (χ1) is 10.8. The first kappa shape index (κ1) is 17.2. The normalized spacial score (nSPS) is 12.0. The fourth-order valence-corrected chi connectivity index (χ4v) is 2.26. The molecule has 0 spiro atoms. The Morgan fingerprint density at radius 3 is 1.78 bits per heavy atom. The number of benzene rings is 2. The molecular weight excluding hydrogens is 290 g/mol. The topological polar surface area (TPSA) is 49.4 Å². The molecule has 0 heterocycles. The minimum Gasteiger partial charge on any atom is -0.834 e. The van der Waals surface area contributed by atoms with Crippen LogP contribution in [0.15, 0.2) is 60.7 Å². The van der Waals surface area contributed by atoms with Crippen LogP contribution in [0.25, 0.3) is 0 Å². The summed E-state index contributed by atoms with van der Waals surface area (Å²) in [6.07, 6.45) is 0. The number of hydrogen-bond acceptors (Lipinski definition) is 3. The predicted molar refractivity (Wildman–Crippen MR) is 87.5 cm³/mol. The highest BCUT2D eigenvalue weighted by atomic mass is 16.5. The van der Waals surface area contributed by atoms with Crippen molar-refractivity contribution in [1.29, 1.82) is 0 Å². The van der Waals surface area contributed by atoms with Crippen LogP contribution in [0.1, 0.15) is 11.1 Å². The Morgan fingerprint density at radius 1 is 0.957 bits per heavy atom. The lowest BCUT2D eigenvalue weighted by Crippen LogP contribution is -2.51. The minimum atomic E-state index is -2.05. The molecule has 4 nitrogen and oxygen atoms in total. The largest absolute Gasteiger partial charge is 0.834 e. The number of ether oxygens (including phenoxy) is 1. The van der Waals surface area contributed by atoms with Crippen molar-refractivity contribution in [3.63, 3.8) is 0 Å². The second-order valence-corrected chi connectivity index (χ2v) is 6.56. The Balaban J connectivity index is 2.30. The van der Waals surface area contributed by atoms with E-state index in [1.165, 1.54) is 0 Å². The van der Waals surface area contributed by atoms with Crippen LogP contribution in [-0.2, 0) is 15.1 Å². The quantitative estimate of drug-likeness (QED) is 0.600. The zero-order valence-corrected chi connectivity index (χ0v) is 13.9. The monoisotopic (exact) mass is 313 g/mol. The van der Waals surface area contributed by atoms with Gasteiger partial charge in [0.1, 0.15) is 13.2 Å². The summed E-state index contributed by atoms with van der Waals surface area (Å²) in [5.41, 5.74) is -1.27. The number of carbonyl (C=O) groups is 1. The second-order valence-electron chi connectivity index (χ2n) is 6.56. The van der Waals surface area contributed by atoms with Gasteiger partial charge in [-0.15, -0.1) is 0 Å². The van der Waals surface area contributed by atoms with Gasteiger partial charge in [0, 0.05) is 5.60 Å². The predicted octanol–water partition coefficient (Wildman–Crippen LogP) is 1.54. The Labute approximate surface area is 137 Å². The first-order valence-electron chi connectivity index (χ1n) is 7.63. The van der Waals surface area contributed by atoms with E-state index in [2.05, 4.69) is 0 Å². The van der Waals surface area contributed by atoms with Gasteiger partial charge in [0.2, 0.25) is 0 Å². The van der Waals surface area contributed by atoms with E-state index in [-0.39, 0.29) is 6.61 Å². The lowest BCUT2D eigenvalue weighted by atomic mass is 9.86. The fourth-order valence-electron chi connectivity index (χ4n) is 2.26. The molecule has 0 radical (unpaired) electrons. The smallest absolute Gasteiger partial charge is 0.304 e. The van der Waals surface area contributed by atoms with Crippen LogP contribution in [0.4, 0.5) is 0 Å². The third kappa shape index (κ3) is 4.18. The summed E-state index contributed by atoms with van der Waals surface area (Å²) >= 11 is 0. The van der Waals surface area contributed by atoms with Gasteiger partial charge in [-0.05, 0) is 11.1 Å². The summed E-state index contributed by atoms with van der Waals surface area (Å²) in [7, 11) is 6.02. The maximum Gasteiger partial charge on any atom is 0.304 e. The standard InChI is InChI=1S/C19H23NO3/c1-20(2,3)14-15-23-18(21)19(22,16-10-6-4-7-11-16)17-12-8-5-9-13-17/h4-13H,14-15H2,1-3H3. The van der Waals surface area contributed by atoms with Crippen molar-refractivity contribution in [2.45, 2.75) is 5.60 Å². The summed E-state index contributed by atoms with van der Waals surface area (Å²) in [5, 5.41) is 13.5. The summed E-state index contributed by atoms with van der Waals surface area (Å²) < 4.78 is 5.99. The molecule has 0 bridgehead atoms. The number of carbonyl (C=O) groups excluding carboxylic acids is 1. The number of hydrogen-bond donors (Lipinski definition) is 0. The van der Waals surface area contributed by atoms with E-state index in [1.807, 2.05) is 33.3 Å². The number of likely N-dealkylation sites (N-methyl/N-ethyl adjacent to an activating group) is 1. The molecule has 0 N–H and O–H groups in total. The molecule has 4 heteroatoms. The molecule has 0 aromatic heterocycles. The van der Waals surface area contributed by atoms with Gasteiger partial charge >= 0.3 is 5.97 Å². The Morgan fingerprint density at radius 2 is 1.39 bits per heavy atom. The van der Waals surface area contributed by atoms with Crippen molar-refractivity contribution in [3.05, 3.63) is 71.8 Å². The van der Waals surface area contributed by atoms with E-state index >= 15 is 0 Å².